The second-order valence-electron chi connectivity index (χ2n) is 5.59. The molecule has 0 spiro atoms. The first-order valence-corrected chi connectivity index (χ1v) is 8.29. The van der Waals surface area contributed by atoms with Crippen LogP contribution in [0.5, 0.6) is 0 Å². The summed E-state index contributed by atoms with van der Waals surface area (Å²) in [7, 11) is 0. The van der Waals surface area contributed by atoms with Crippen LogP contribution in [-0.2, 0) is 11.2 Å². The number of hydrogen-bond acceptors (Lipinski definition) is 4. The van der Waals surface area contributed by atoms with Crippen molar-refractivity contribution in [1.29, 1.82) is 0 Å². The highest BCUT2D eigenvalue weighted by atomic mass is 35.5. The Morgan fingerprint density at radius 3 is 2.52 bits per heavy atom. The van der Waals surface area contributed by atoms with Gasteiger partial charge in [0.2, 0.25) is 5.91 Å². The van der Waals surface area contributed by atoms with Crippen LogP contribution >= 0.6 is 11.6 Å². The predicted octanol–water partition coefficient (Wildman–Crippen LogP) is 3.67. The number of hydrogen-bond donors (Lipinski definition) is 1. The van der Waals surface area contributed by atoms with Gasteiger partial charge in [0.05, 0.1) is 28.6 Å². The van der Waals surface area contributed by atoms with Gasteiger partial charge in [-0.25, -0.2) is 15.4 Å². The van der Waals surface area contributed by atoms with Crippen LogP contribution in [0.3, 0.4) is 0 Å². The summed E-state index contributed by atoms with van der Waals surface area (Å²) in [5.74, 6) is -0.167. The standard InChI is InChI=1S/C19H17ClN4O/c1-13-16(23-18-5-3-2-4-17(18)22-13)10-11-19(25)24-21-12-14-6-8-15(20)9-7-14/h2-9,12H,10-11H2,1H3,(H,24,25)/b21-12+. The van der Waals surface area contributed by atoms with Crippen LogP contribution in [0.25, 0.3) is 11.0 Å². The van der Waals surface area contributed by atoms with Crippen LogP contribution in [0.15, 0.2) is 53.6 Å². The fourth-order valence-corrected chi connectivity index (χ4v) is 2.50. The molecule has 126 valence electrons. The van der Waals surface area contributed by atoms with Crippen molar-refractivity contribution < 1.29 is 4.79 Å². The second-order valence-corrected chi connectivity index (χ2v) is 6.03. The molecule has 6 heteroatoms. The Morgan fingerprint density at radius 2 is 1.80 bits per heavy atom. The van der Waals surface area contributed by atoms with E-state index in [-0.39, 0.29) is 5.91 Å². The minimum atomic E-state index is -0.167. The zero-order chi connectivity index (χ0) is 17.6. The van der Waals surface area contributed by atoms with Gasteiger partial charge in [0.25, 0.3) is 0 Å². The van der Waals surface area contributed by atoms with Gasteiger partial charge in [-0.3, -0.25) is 4.79 Å². The number of para-hydroxylation sites is 2. The maximum Gasteiger partial charge on any atom is 0.240 e. The lowest BCUT2D eigenvalue weighted by Crippen LogP contribution is -2.18. The predicted molar refractivity (Wildman–Crippen MR) is 99.8 cm³/mol. The third kappa shape index (κ3) is 4.61. The van der Waals surface area contributed by atoms with Crippen molar-refractivity contribution in [2.75, 3.05) is 0 Å². The number of carbonyl (C=O) groups is 1. The van der Waals surface area contributed by atoms with Gasteiger partial charge >= 0.3 is 0 Å². The fraction of sp³-hybridized carbons (Fsp3) is 0.158. The molecule has 0 aliphatic carbocycles. The van der Waals surface area contributed by atoms with Gasteiger partial charge in [-0.1, -0.05) is 35.9 Å². The van der Waals surface area contributed by atoms with Gasteiger partial charge in [0, 0.05) is 17.9 Å². The van der Waals surface area contributed by atoms with E-state index in [1.54, 1.807) is 18.3 Å². The summed E-state index contributed by atoms with van der Waals surface area (Å²) in [6, 6.07) is 14.9. The number of aryl methyl sites for hydroxylation is 2. The van der Waals surface area contributed by atoms with Gasteiger partial charge in [-0.15, -0.1) is 0 Å². The van der Waals surface area contributed by atoms with Crippen molar-refractivity contribution in [2.45, 2.75) is 19.8 Å². The third-order valence-corrected chi connectivity index (χ3v) is 3.96. The summed E-state index contributed by atoms with van der Waals surface area (Å²) in [4.78, 5) is 21.1. The van der Waals surface area contributed by atoms with Gasteiger partial charge in [0.1, 0.15) is 0 Å². The summed E-state index contributed by atoms with van der Waals surface area (Å²) in [6.45, 7) is 1.91. The van der Waals surface area contributed by atoms with Gasteiger partial charge in [-0.2, -0.15) is 5.10 Å². The van der Waals surface area contributed by atoms with Crippen LogP contribution in [0, 0.1) is 6.92 Å². The van der Waals surface area contributed by atoms with E-state index in [4.69, 9.17) is 11.6 Å². The summed E-state index contributed by atoms with van der Waals surface area (Å²) >= 11 is 5.82. The fourth-order valence-electron chi connectivity index (χ4n) is 2.38. The molecule has 0 unspecified atom stereocenters. The first-order valence-electron chi connectivity index (χ1n) is 7.91. The molecule has 0 atom stereocenters. The van der Waals surface area contributed by atoms with E-state index in [1.807, 2.05) is 43.3 Å². The number of aromatic nitrogens is 2. The topological polar surface area (TPSA) is 67.2 Å². The van der Waals surface area contributed by atoms with Crippen molar-refractivity contribution in [3.8, 4) is 0 Å². The van der Waals surface area contributed by atoms with E-state index < -0.39 is 0 Å². The van der Waals surface area contributed by atoms with Gasteiger partial charge in [0.15, 0.2) is 0 Å². The van der Waals surface area contributed by atoms with E-state index in [0.29, 0.717) is 17.9 Å². The highest BCUT2D eigenvalue weighted by Crippen LogP contribution is 2.13. The van der Waals surface area contributed by atoms with Crippen molar-refractivity contribution in [3.05, 3.63) is 70.5 Å². The molecule has 25 heavy (non-hydrogen) atoms. The molecule has 0 aliphatic heterocycles. The highest BCUT2D eigenvalue weighted by molar-refractivity contribution is 6.30. The smallest absolute Gasteiger partial charge is 0.240 e. The highest BCUT2D eigenvalue weighted by Gasteiger charge is 2.07. The number of nitrogens with zero attached hydrogens (tertiary/aromatic N) is 3. The molecule has 0 fully saturated rings. The summed E-state index contributed by atoms with van der Waals surface area (Å²) in [5, 5.41) is 4.61. The minimum Gasteiger partial charge on any atom is -0.273 e. The second kappa shape index (κ2) is 7.85. The number of rotatable bonds is 5. The molecule has 3 rings (SSSR count). The maximum absolute atomic E-state index is 11.9. The van der Waals surface area contributed by atoms with Crippen molar-refractivity contribution in [1.82, 2.24) is 15.4 Å². The van der Waals surface area contributed by atoms with Crippen LogP contribution < -0.4 is 5.43 Å². The van der Waals surface area contributed by atoms with Crippen LogP contribution in [0.4, 0.5) is 0 Å². The molecule has 1 aromatic heterocycles. The number of fused-ring (bicyclic) bond motifs is 1. The Bertz CT molecular complexity index is 922. The lowest BCUT2D eigenvalue weighted by atomic mass is 10.1. The molecule has 0 aliphatic rings. The molecule has 0 bridgehead atoms. The van der Waals surface area contributed by atoms with E-state index in [0.717, 1.165) is 28.0 Å². The van der Waals surface area contributed by atoms with Crippen LogP contribution in [-0.4, -0.2) is 22.1 Å². The van der Waals surface area contributed by atoms with E-state index in [9.17, 15) is 4.79 Å². The minimum absolute atomic E-state index is 0.167. The normalized spacial score (nSPS) is 11.1. The van der Waals surface area contributed by atoms with Gasteiger partial charge in [-0.05, 0) is 36.8 Å². The Kier molecular flexibility index (Phi) is 5.36. The number of benzene rings is 2. The van der Waals surface area contributed by atoms with Crippen molar-refractivity contribution in [2.24, 2.45) is 5.10 Å². The Hall–Kier alpha value is -2.79. The number of nitrogens with one attached hydrogen (secondary N) is 1. The molecule has 1 amide bonds. The third-order valence-electron chi connectivity index (χ3n) is 3.70. The largest absolute Gasteiger partial charge is 0.273 e. The number of amides is 1. The molecule has 2 aromatic carbocycles. The summed E-state index contributed by atoms with van der Waals surface area (Å²) < 4.78 is 0. The maximum atomic E-state index is 11.9. The van der Waals surface area contributed by atoms with E-state index in [1.165, 1.54) is 0 Å². The average Bonchev–Trinajstić information content (AvgIpc) is 2.61. The molecule has 1 heterocycles. The summed E-state index contributed by atoms with van der Waals surface area (Å²) in [6.07, 6.45) is 2.40. The lowest BCUT2D eigenvalue weighted by Gasteiger charge is -2.06. The Morgan fingerprint density at radius 1 is 1.12 bits per heavy atom. The monoisotopic (exact) mass is 352 g/mol. The molecule has 5 nitrogen and oxygen atoms in total. The molecule has 0 saturated heterocycles. The molecule has 1 N–H and O–H groups in total. The molecular formula is C19H17ClN4O. The van der Waals surface area contributed by atoms with Crippen LogP contribution in [0.2, 0.25) is 5.02 Å². The van der Waals surface area contributed by atoms with Crippen LogP contribution in [0.1, 0.15) is 23.4 Å². The lowest BCUT2D eigenvalue weighted by molar-refractivity contribution is -0.121. The Labute approximate surface area is 150 Å². The zero-order valence-corrected chi connectivity index (χ0v) is 14.5. The Balaban J connectivity index is 1.57. The van der Waals surface area contributed by atoms with Gasteiger partial charge < -0.3 is 0 Å². The SMILES string of the molecule is Cc1nc2ccccc2nc1CCC(=O)N/N=C/c1ccc(Cl)cc1. The molecule has 0 saturated carbocycles. The van der Waals surface area contributed by atoms with E-state index >= 15 is 0 Å². The number of halogens is 1. The quantitative estimate of drug-likeness (QED) is 0.562. The average molecular weight is 353 g/mol. The number of carbonyl (C=O) groups excluding carboxylic acids is 1. The van der Waals surface area contributed by atoms with Crippen molar-refractivity contribution in [3.63, 3.8) is 0 Å². The zero-order valence-electron chi connectivity index (χ0n) is 13.7. The molecule has 3 aromatic rings. The summed E-state index contributed by atoms with van der Waals surface area (Å²) in [5.41, 5.74) is 6.76. The number of hydrazone groups is 1. The molecular weight excluding hydrogens is 336 g/mol. The molecule has 0 radical (unpaired) electrons. The first-order chi connectivity index (χ1) is 12.1. The van der Waals surface area contributed by atoms with E-state index in [2.05, 4.69) is 20.5 Å². The first kappa shape index (κ1) is 17.0. The van der Waals surface area contributed by atoms with Crippen molar-refractivity contribution >= 4 is 34.8 Å².